The summed E-state index contributed by atoms with van der Waals surface area (Å²) in [5.41, 5.74) is 2.12. The first-order valence-electron chi connectivity index (χ1n) is 8.29. The van der Waals surface area contributed by atoms with Gasteiger partial charge < -0.3 is 9.84 Å². The number of Topliss-reactive ketones (excluding diaryl/α,β-unsaturated/α-hetero) is 1. The summed E-state index contributed by atoms with van der Waals surface area (Å²) in [6.45, 7) is 4.93. The topological polar surface area (TPSA) is 63.6 Å². The number of aliphatic carboxylic acids is 1. The first kappa shape index (κ1) is 20.7. The lowest BCUT2D eigenvalue weighted by Gasteiger charge is -2.16. The van der Waals surface area contributed by atoms with Crippen LogP contribution in [0.1, 0.15) is 34.0 Å². The van der Waals surface area contributed by atoms with Gasteiger partial charge >= 0.3 is 5.97 Å². The lowest BCUT2D eigenvalue weighted by molar-refractivity contribution is -0.144. The van der Waals surface area contributed by atoms with E-state index < -0.39 is 23.7 Å². The summed E-state index contributed by atoms with van der Waals surface area (Å²) >= 11 is 1.54. The zero-order valence-corrected chi connectivity index (χ0v) is 16.4. The fourth-order valence-corrected chi connectivity index (χ4v) is 2.98. The molecular formula is C21H21FO4S. The molecule has 0 bridgehead atoms. The van der Waals surface area contributed by atoms with Crippen LogP contribution in [0.2, 0.25) is 0 Å². The van der Waals surface area contributed by atoms with Gasteiger partial charge in [0.25, 0.3) is 0 Å². The number of carbonyl (C=O) groups is 2. The molecule has 2 rings (SSSR count). The maximum absolute atomic E-state index is 14.4. The number of carbonyl (C=O) groups excluding carboxylic acids is 1. The molecule has 6 heteroatoms. The number of rotatable bonds is 7. The summed E-state index contributed by atoms with van der Waals surface area (Å²) in [5.74, 6) is -2.17. The number of thioether (sulfide) groups is 1. The molecule has 0 unspecified atom stereocenters. The second-order valence-corrected chi connectivity index (χ2v) is 7.01. The number of ketones is 1. The number of hydrogen-bond donors (Lipinski definition) is 1. The number of halogens is 1. The van der Waals surface area contributed by atoms with Gasteiger partial charge in [-0.1, -0.05) is 0 Å². The van der Waals surface area contributed by atoms with Crippen LogP contribution in [0.3, 0.4) is 0 Å². The Balaban J connectivity index is 2.26. The molecule has 0 aliphatic carbocycles. The lowest BCUT2D eigenvalue weighted by atomic mass is 10.0. The van der Waals surface area contributed by atoms with Crippen molar-refractivity contribution in [2.45, 2.75) is 31.8 Å². The molecule has 0 fully saturated rings. The van der Waals surface area contributed by atoms with Gasteiger partial charge in [0.15, 0.2) is 11.9 Å². The highest BCUT2D eigenvalue weighted by Gasteiger charge is 2.17. The largest absolute Gasteiger partial charge is 0.479 e. The van der Waals surface area contributed by atoms with Crippen LogP contribution in [-0.4, -0.2) is 29.2 Å². The minimum absolute atomic E-state index is 0.283. The molecule has 0 amide bonds. The number of aryl methyl sites for hydroxylation is 2. The van der Waals surface area contributed by atoms with E-state index >= 15 is 0 Å². The van der Waals surface area contributed by atoms with Gasteiger partial charge in [0, 0.05) is 10.5 Å². The van der Waals surface area contributed by atoms with Crippen LogP contribution >= 0.6 is 11.8 Å². The van der Waals surface area contributed by atoms with Gasteiger partial charge in [-0.25, -0.2) is 9.18 Å². The minimum atomic E-state index is -1.07. The van der Waals surface area contributed by atoms with E-state index in [0.717, 1.165) is 4.90 Å². The Hall–Kier alpha value is -2.60. The third-order valence-electron chi connectivity index (χ3n) is 3.99. The van der Waals surface area contributed by atoms with Crippen molar-refractivity contribution in [3.63, 3.8) is 0 Å². The minimum Gasteiger partial charge on any atom is -0.479 e. The first-order valence-corrected chi connectivity index (χ1v) is 9.52. The van der Waals surface area contributed by atoms with E-state index in [1.165, 1.54) is 13.0 Å². The van der Waals surface area contributed by atoms with Gasteiger partial charge in [-0.3, -0.25) is 4.79 Å². The third kappa shape index (κ3) is 5.20. The zero-order chi connectivity index (χ0) is 20.1. The Labute approximate surface area is 162 Å². The van der Waals surface area contributed by atoms with E-state index in [4.69, 9.17) is 9.84 Å². The highest BCUT2D eigenvalue weighted by Crippen LogP contribution is 2.27. The molecule has 2 aromatic carbocycles. The molecule has 0 aliphatic rings. The van der Waals surface area contributed by atoms with Crippen molar-refractivity contribution in [3.8, 4) is 5.75 Å². The van der Waals surface area contributed by atoms with Gasteiger partial charge in [0.05, 0.1) is 0 Å². The van der Waals surface area contributed by atoms with Crippen molar-refractivity contribution < 1.29 is 23.8 Å². The first-order chi connectivity index (χ1) is 12.7. The van der Waals surface area contributed by atoms with Crippen LogP contribution in [0.4, 0.5) is 4.39 Å². The summed E-state index contributed by atoms with van der Waals surface area (Å²) < 4.78 is 19.9. The van der Waals surface area contributed by atoms with E-state index in [0.29, 0.717) is 22.4 Å². The van der Waals surface area contributed by atoms with Gasteiger partial charge in [0.2, 0.25) is 5.78 Å². The molecule has 0 saturated carbocycles. The predicted molar refractivity (Wildman–Crippen MR) is 105 cm³/mol. The van der Waals surface area contributed by atoms with Crippen LogP contribution in [0.5, 0.6) is 5.75 Å². The summed E-state index contributed by atoms with van der Waals surface area (Å²) in [4.78, 5) is 24.2. The monoisotopic (exact) mass is 388 g/mol. The van der Waals surface area contributed by atoms with Crippen molar-refractivity contribution in [3.05, 3.63) is 64.5 Å². The summed E-state index contributed by atoms with van der Waals surface area (Å²) in [5, 5.41) is 8.98. The van der Waals surface area contributed by atoms with Crippen LogP contribution in [0.15, 0.2) is 47.1 Å². The summed E-state index contributed by atoms with van der Waals surface area (Å²) in [6, 6.07) is 10.1. The highest BCUT2D eigenvalue weighted by atomic mass is 32.2. The Kier molecular flexibility index (Phi) is 6.80. The number of carboxylic acid groups (broad SMARTS) is 1. The zero-order valence-electron chi connectivity index (χ0n) is 15.6. The van der Waals surface area contributed by atoms with E-state index in [2.05, 4.69) is 0 Å². The molecule has 1 atom stereocenters. The van der Waals surface area contributed by atoms with Crippen LogP contribution < -0.4 is 4.74 Å². The number of benzene rings is 2. The standard InChI is InChI=1S/C21H21FO4S/c1-12-9-15(10-13(2)20(12)26-14(3)21(24)25)11-18(22)19(23)16-5-7-17(27-4)8-6-16/h5-11,14H,1-4H3,(H,24,25)/b18-11-/t14-/m0/s1. The van der Waals surface area contributed by atoms with Gasteiger partial charge in [-0.2, -0.15) is 0 Å². The fraction of sp³-hybridized carbons (Fsp3) is 0.238. The Morgan fingerprint density at radius 2 is 1.70 bits per heavy atom. The smallest absolute Gasteiger partial charge is 0.344 e. The number of carboxylic acids is 1. The molecule has 0 spiro atoms. The average Bonchev–Trinajstić information content (AvgIpc) is 2.63. The second-order valence-electron chi connectivity index (χ2n) is 6.13. The van der Waals surface area contributed by atoms with Gasteiger partial charge in [0.1, 0.15) is 5.75 Å². The molecule has 0 aromatic heterocycles. The van der Waals surface area contributed by atoms with Crippen LogP contribution in [0, 0.1) is 13.8 Å². The van der Waals surface area contributed by atoms with E-state index in [1.807, 2.05) is 6.26 Å². The highest BCUT2D eigenvalue weighted by molar-refractivity contribution is 7.98. The Morgan fingerprint density at radius 1 is 1.15 bits per heavy atom. The molecule has 2 aromatic rings. The molecule has 0 saturated heterocycles. The van der Waals surface area contributed by atoms with E-state index in [9.17, 15) is 14.0 Å². The molecule has 142 valence electrons. The van der Waals surface area contributed by atoms with E-state index in [1.54, 1.807) is 62.0 Å². The molecule has 0 aliphatic heterocycles. The normalized spacial score (nSPS) is 12.6. The molecule has 1 N–H and O–H groups in total. The number of hydrogen-bond acceptors (Lipinski definition) is 4. The van der Waals surface area contributed by atoms with E-state index in [-0.39, 0.29) is 5.56 Å². The van der Waals surface area contributed by atoms with Crippen molar-refractivity contribution in [2.75, 3.05) is 6.26 Å². The summed E-state index contributed by atoms with van der Waals surface area (Å²) in [7, 11) is 0. The van der Waals surface area contributed by atoms with Gasteiger partial charge in [-0.15, -0.1) is 11.8 Å². The Morgan fingerprint density at radius 3 is 2.19 bits per heavy atom. The van der Waals surface area contributed by atoms with Crippen molar-refractivity contribution in [1.82, 2.24) is 0 Å². The number of ether oxygens (including phenoxy) is 1. The van der Waals surface area contributed by atoms with Crippen molar-refractivity contribution in [2.24, 2.45) is 0 Å². The molecule has 0 heterocycles. The Bertz CT molecular complexity index is 865. The predicted octanol–water partition coefficient (Wildman–Crippen LogP) is 5.07. The molecule has 27 heavy (non-hydrogen) atoms. The van der Waals surface area contributed by atoms with Crippen molar-refractivity contribution in [1.29, 1.82) is 0 Å². The maximum Gasteiger partial charge on any atom is 0.344 e. The SMILES string of the molecule is CSc1ccc(C(=O)/C(F)=C/c2cc(C)c(O[C@@H](C)C(=O)O)c(C)c2)cc1. The lowest BCUT2D eigenvalue weighted by Crippen LogP contribution is -2.23. The molecule has 0 radical (unpaired) electrons. The fourth-order valence-electron chi connectivity index (χ4n) is 2.57. The molecule has 4 nitrogen and oxygen atoms in total. The maximum atomic E-state index is 14.4. The summed E-state index contributed by atoms with van der Waals surface area (Å²) in [6.07, 6.45) is 2.10. The van der Waals surface area contributed by atoms with Crippen LogP contribution in [0.25, 0.3) is 6.08 Å². The quantitative estimate of drug-likeness (QED) is 0.408. The number of allylic oxidation sites excluding steroid dienone is 1. The molecular weight excluding hydrogens is 367 g/mol. The van der Waals surface area contributed by atoms with Crippen LogP contribution in [-0.2, 0) is 4.79 Å². The third-order valence-corrected chi connectivity index (χ3v) is 4.73. The second kappa shape index (κ2) is 8.86. The average molecular weight is 388 g/mol. The van der Waals surface area contributed by atoms with Crippen molar-refractivity contribution >= 4 is 29.6 Å². The van der Waals surface area contributed by atoms with Gasteiger partial charge in [-0.05, 0) is 86.2 Å².